The lowest BCUT2D eigenvalue weighted by Gasteiger charge is -2.31. The van der Waals surface area contributed by atoms with Crippen molar-refractivity contribution in [2.75, 3.05) is 6.61 Å². The number of aliphatic hydroxyl groups excluding tert-OH is 1. The zero-order valence-electron chi connectivity index (χ0n) is 7.77. The molecule has 1 saturated heterocycles. The molecule has 76 valence electrons. The van der Waals surface area contributed by atoms with Gasteiger partial charge in [-0.05, 0) is 18.8 Å². The molecule has 4 nitrogen and oxygen atoms in total. The molecular formula is C9H16O4. The maximum Gasteiger partial charge on any atom is 0.303 e. The number of carboxylic acid groups (broad SMARTS) is 1. The van der Waals surface area contributed by atoms with Crippen LogP contribution in [0.1, 0.15) is 26.2 Å². The number of aliphatic hydroxyl groups is 1. The fraction of sp³-hybridized carbons (Fsp3) is 0.889. The Hall–Kier alpha value is -0.610. The molecule has 0 bridgehead atoms. The van der Waals surface area contributed by atoms with E-state index >= 15 is 0 Å². The maximum atomic E-state index is 10.4. The van der Waals surface area contributed by atoms with E-state index in [1.54, 1.807) is 6.92 Å². The van der Waals surface area contributed by atoms with E-state index in [0.29, 0.717) is 13.0 Å². The second-order valence-corrected chi connectivity index (χ2v) is 3.62. The molecule has 3 atom stereocenters. The summed E-state index contributed by atoms with van der Waals surface area (Å²) in [4.78, 5) is 10.4. The first-order valence-electron chi connectivity index (χ1n) is 4.62. The number of aliphatic carboxylic acids is 1. The predicted octanol–water partition coefficient (Wildman–Crippen LogP) is 0.637. The summed E-state index contributed by atoms with van der Waals surface area (Å²) in [5, 5.41) is 18.1. The van der Waals surface area contributed by atoms with Crippen LogP contribution in [0.5, 0.6) is 0 Å². The molecule has 3 unspecified atom stereocenters. The summed E-state index contributed by atoms with van der Waals surface area (Å²) in [5.41, 5.74) is 0. The van der Waals surface area contributed by atoms with E-state index in [0.717, 1.165) is 6.42 Å². The second kappa shape index (κ2) is 4.58. The van der Waals surface area contributed by atoms with Crippen LogP contribution in [0.3, 0.4) is 0 Å². The van der Waals surface area contributed by atoms with E-state index in [2.05, 4.69) is 0 Å². The predicted molar refractivity (Wildman–Crippen MR) is 46.4 cm³/mol. The van der Waals surface area contributed by atoms with Gasteiger partial charge >= 0.3 is 5.97 Å². The van der Waals surface area contributed by atoms with Gasteiger partial charge in [0.1, 0.15) is 0 Å². The Morgan fingerprint density at radius 2 is 2.38 bits per heavy atom. The van der Waals surface area contributed by atoms with Gasteiger partial charge in [0, 0.05) is 6.61 Å². The molecule has 2 N–H and O–H groups in total. The minimum atomic E-state index is -0.839. The van der Waals surface area contributed by atoms with Crippen molar-refractivity contribution >= 4 is 5.97 Å². The third-order valence-electron chi connectivity index (χ3n) is 2.39. The molecule has 0 amide bonds. The highest BCUT2D eigenvalue weighted by Gasteiger charge is 2.30. The number of ether oxygens (including phenoxy) is 1. The SMILES string of the molecule is CC(CC(=O)O)C1OCCCC1O. The first kappa shape index (κ1) is 10.5. The molecule has 0 aromatic carbocycles. The van der Waals surface area contributed by atoms with E-state index in [1.165, 1.54) is 0 Å². The van der Waals surface area contributed by atoms with E-state index in [4.69, 9.17) is 9.84 Å². The van der Waals surface area contributed by atoms with Gasteiger partial charge in [-0.15, -0.1) is 0 Å². The van der Waals surface area contributed by atoms with Crippen molar-refractivity contribution < 1.29 is 19.7 Å². The van der Waals surface area contributed by atoms with Gasteiger partial charge in [0.15, 0.2) is 0 Å². The Morgan fingerprint density at radius 1 is 1.69 bits per heavy atom. The number of hydrogen-bond donors (Lipinski definition) is 2. The van der Waals surface area contributed by atoms with Crippen LogP contribution >= 0.6 is 0 Å². The van der Waals surface area contributed by atoms with E-state index in [1.807, 2.05) is 0 Å². The van der Waals surface area contributed by atoms with Crippen LogP contribution in [0.25, 0.3) is 0 Å². The molecule has 4 heteroatoms. The van der Waals surface area contributed by atoms with Crippen molar-refractivity contribution in [1.29, 1.82) is 0 Å². The monoisotopic (exact) mass is 188 g/mol. The quantitative estimate of drug-likeness (QED) is 0.682. The van der Waals surface area contributed by atoms with E-state index in [9.17, 15) is 9.90 Å². The number of hydrogen-bond acceptors (Lipinski definition) is 3. The Bertz CT molecular complexity index is 180. The van der Waals surface area contributed by atoms with Gasteiger partial charge in [0.25, 0.3) is 0 Å². The van der Waals surface area contributed by atoms with Gasteiger partial charge in [-0.1, -0.05) is 6.92 Å². The molecule has 13 heavy (non-hydrogen) atoms. The van der Waals surface area contributed by atoms with Gasteiger partial charge in [0.2, 0.25) is 0 Å². The molecule has 0 aliphatic carbocycles. The Balaban J connectivity index is 2.43. The minimum Gasteiger partial charge on any atom is -0.481 e. The molecule has 1 rings (SSSR count). The van der Waals surface area contributed by atoms with Gasteiger partial charge in [0.05, 0.1) is 18.6 Å². The molecule has 0 saturated carbocycles. The first-order valence-corrected chi connectivity index (χ1v) is 4.62. The second-order valence-electron chi connectivity index (χ2n) is 3.62. The van der Waals surface area contributed by atoms with Crippen molar-refractivity contribution in [2.45, 2.75) is 38.4 Å². The average Bonchev–Trinajstić information content (AvgIpc) is 2.03. The van der Waals surface area contributed by atoms with Crippen LogP contribution in [-0.4, -0.2) is 35.0 Å². The summed E-state index contributed by atoms with van der Waals surface area (Å²) in [6.45, 7) is 2.43. The molecule has 0 radical (unpaired) electrons. The van der Waals surface area contributed by atoms with Crippen LogP contribution < -0.4 is 0 Å². The van der Waals surface area contributed by atoms with Crippen molar-refractivity contribution in [3.63, 3.8) is 0 Å². The lowest BCUT2D eigenvalue weighted by molar-refractivity contribution is -0.142. The Morgan fingerprint density at radius 3 is 2.92 bits per heavy atom. The summed E-state index contributed by atoms with van der Waals surface area (Å²) >= 11 is 0. The van der Waals surface area contributed by atoms with E-state index in [-0.39, 0.29) is 18.4 Å². The van der Waals surface area contributed by atoms with E-state index < -0.39 is 12.1 Å². The fourth-order valence-corrected chi connectivity index (χ4v) is 1.72. The molecule has 1 fully saturated rings. The third kappa shape index (κ3) is 2.97. The lowest BCUT2D eigenvalue weighted by atomic mass is 9.92. The van der Waals surface area contributed by atoms with Crippen molar-refractivity contribution in [3.05, 3.63) is 0 Å². The molecular weight excluding hydrogens is 172 g/mol. The number of rotatable bonds is 3. The van der Waals surface area contributed by atoms with Crippen molar-refractivity contribution in [2.24, 2.45) is 5.92 Å². The maximum absolute atomic E-state index is 10.4. The topological polar surface area (TPSA) is 66.8 Å². The van der Waals surface area contributed by atoms with Crippen LogP contribution in [0.4, 0.5) is 0 Å². The van der Waals surface area contributed by atoms with Crippen LogP contribution in [0, 0.1) is 5.92 Å². The third-order valence-corrected chi connectivity index (χ3v) is 2.39. The van der Waals surface area contributed by atoms with Crippen molar-refractivity contribution in [3.8, 4) is 0 Å². The Labute approximate surface area is 77.5 Å². The zero-order valence-corrected chi connectivity index (χ0v) is 7.77. The van der Waals surface area contributed by atoms with Gasteiger partial charge in [-0.25, -0.2) is 0 Å². The zero-order chi connectivity index (χ0) is 9.84. The largest absolute Gasteiger partial charge is 0.481 e. The number of carbonyl (C=O) groups is 1. The molecule has 0 spiro atoms. The molecule has 0 aromatic rings. The standard InChI is InChI=1S/C9H16O4/c1-6(5-8(11)12)9-7(10)3-2-4-13-9/h6-7,9-10H,2-5H2,1H3,(H,11,12). The normalized spacial score (nSPS) is 31.2. The van der Waals surface area contributed by atoms with Crippen LogP contribution in [-0.2, 0) is 9.53 Å². The molecule has 1 heterocycles. The van der Waals surface area contributed by atoms with Crippen molar-refractivity contribution in [1.82, 2.24) is 0 Å². The first-order chi connectivity index (χ1) is 6.11. The van der Waals surface area contributed by atoms with Gasteiger partial charge < -0.3 is 14.9 Å². The highest BCUT2D eigenvalue weighted by molar-refractivity contribution is 5.67. The highest BCUT2D eigenvalue weighted by Crippen LogP contribution is 2.22. The average molecular weight is 188 g/mol. The molecule has 0 aromatic heterocycles. The summed E-state index contributed by atoms with van der Waals surface area (Å²) < 4.78 is 5.34. The smallest absolute Gasteiger partial charge is 0.303 e. The summed E-state index contributed by atoms with van der Waals surface area (Å²) in [5.74, 6) is -0.957. The van der Waals surface area contributed by atoms with Crippen LogP contribution in [0.15, 0.2) is 0 Å². The van der Waals surface area contributed by atoms with Crippen LogP contribution in [0.2, 0.25) is 0 Å². The Kier molecular flexibility index (Phi) is 3.69. The molecule has 1 aliphatic rings. The molecule has 1 aliphatic heterocycles. The highest BCUT2D eigenvalue weighted by atomic mass is 16.5. The minimum absolute atomic E-state index is 0.0573. The number of carboxylic acids is 1. The summed E-state index contributed by atoms with van der Waals surface area (Å²) in [7, 11) is 0. The summed E-state index contributed by atoms with van der Waals surface area (Å²) in [6.07, 6.45) is 0.835. The summed E-state index contributed by atoms with van der Waals surface area (Å²) in [6, 6.07) is 0. The fourth-order valence-electron chi connectivity index (χ4n) is 1.72. The lowest BCUT2D eigenvalue weighted by Crippen LogP contribution is -2.39. The van der Waals surface area contributed by atoms with Gasteiger partial charge in [-0.3, -0.25) is 4.79 Å². The van der Waals surface area contributed by atoms with Gasteiger partial charge in [-0.2, -0.15) is 0 Å².